The van der Waals surface area contributed by atoms with Crippen LogP contribution in [-0.4, -0.2) is 37.3 Å². The van der Waals surface area contributed by atoms with E-state index in [1.807, 2.05) is 32.0 Å². The lowest BCUT2D eigenvalue weighted by Crippen LogP contribution is -2.28. The fraction of sp³-hybridized carbons (Fsp3) is 0.400. The van der Waals surface area contributed by atoms with E-state index in [9.17, 15) is 9.59 Å². The van der Waals surface area contributed by atoms with Crippen molar-refractivity contribution < 1.29 is 14.3 Å². The predicted molar refractivity (Wildman–Crippen MR) is 98.5 cm³/mol. The van der Waals surface area contributed by atoms with Crippen LogP contribution in [0.3, 0.4) is 0 Å². The van der Waals surface area contributed by atoms with Gasteiger partial charge in [-0.15, -0.1) is 0 Å². The van der Waals surface area contributed by atoms with Crippen LogP contribution in [0.1, 0.15) is 38.7 Å². The highest BCUT2D eigenvalue weighted by atomic mass is 16.5. The fourth-order valence-electron chi connectivity index (χ4n) is 3.33. The van der Waals surface area contributed by atoms with Gasteiger partial charge in [0, 0.05) is 36.4 Å². The number of hydrogen-bond donors (Lipinski definition) is 2. The van der Waals surface area contributed by atoms with Gasteiger partial charge in [-0.1, -0.05) is 12.1 Å². The second-order valence-corrected chi connectivity index (χ2v) is 6.67. The number of aromatic nitrogens is 1. The number of pyridine rings is 1. The van der Waals surface area contributed by atoms with Crippen molar-refractivity contribution in [2.24, 2.45) is 0 Å². The first-order valence-electron chi connectivity index (χ1n) is 8.67. The van der Waals surface area contributed by atoms with Gasteiger partial charge in [-0.25, -0.2) is 0 Å². The van der Waals surface area contributed by atoms with Crippen LogP contribution >= 0.6 is 0 Å². The number of amides is 1. The lowest BCUT2D eigenvalue weighted by atomic mass is 9.95. The number of aromatic amines is 1. The highest BCUT2D eigenvalue weighted by Crippen LogP contribution is 2.27. The second-order valence-electron chi connectivity index (χ2n) is 6.67. The Labute approximate surface area is 152 Å². The quantitative estimate of drug-likeness (QED) is 0.859. The van der Waals surface area contributed by atoms with Crippen LogP contribution in [-0.2, 0) is 16.0 Å². The van der Waals surface area contributed by atoms with Crippen LogP contribution in [0.5, 0.6) is 0 Å². The molecule has 2 atom stereocenters. The Morgan fingerprint density at radius 3 is 2.65 bits per heavy atom. The lowest BCUT2D eigenvalue weighted by molar-refractivity contribution is 0.0771. The van der Waals surface area contributed by atoms with Crippen molar-refractivity contribution >= 4 is 5.91 Å². The molecule has 0 bridgehead atoms. The van der Waals surface area contributed by atoms with Gasteiger partial charge in [-0.05, 0) is 43.2 Å². The highest BCUT2D eigenvalue weighted by molar-refractivity contribution is 5.94. The van der Waals surface area contributed by atoms with Gasteiger partial charge in [0.2, 0.25) is 0 Å². The molecule has 0 saturated carbocycles. The van der Waals surface area contributed by atoms with Crippen molar-refractivity contribution in [3.05, 3.63) is 68.6 Å². The Bertz CT molecular complexity index is 842. The standard InChI is InChI=1S/C20H24N2O4/c1-12-8-13(2)22-20(24)16(12)9-21-19(23)15-6-4-14(5-7-15)17-10-26-11-18(17)25-3/h4-8,17-18H,9-11H2,1-3H3,(H,21,23)(H,22,24). The molecular weight excluding hydrogens is 332 g/mol. The van der Waals surface area contributed by atoms with E-state index in [0.717, 1.165) is 16.8 Å². The van der Waals surface area contributed by atoms with E-state index < -0.39 is 0 Å². The van der Waals surface area contributed by atoms with E-state index in [1.54, 1.807) is 19.2 Å². The van der Waals surface area contributed by atoms with Gasteiger partial charge in [0.25, 0.3) is 11.5 Å². The number of carbonyl (C=O) groups is 1. The van der Waals surface area contributed by atoms with E-state index in [2.05, 4.69) is 10.3 Å². The minimum atomic E-state index is -0.207. The molecule has 6 heteroatoms. The molecule has 0 spiro atoms. The van der Waals surface area contributed by atoms with Crippen molar-refractivity contribution in [1.82, 2.24) is 10.3 Å². The molecule has 1 aromatic heterocycles. The van der Waals surface area contributed by atoms with Crippen molar-refractivity contribution in [2.45, 2.75) is 32.4 Å². The zero-order valence-corrected chi connectivity index (χ0v) is 15.3. The summed E-state index contributed by atoms with van der Waals surface area (Å²) in [5.41, 5.74) is 3.74. The Hall–Kier alpha value is -2.44. The molecule has 1 fully saturated rings. The number of hydrogen-bond acceptors (Lipinski definition) is 4. The SMILES string of the molecule is COC1COCC1c1ccc(C(=O)NCc2c(C)cc(C)[nH]c2=O)cc1. The number of H-pyrrole nitrogens is 1. The molecule has 2 unspecified atom stereocenters. The van der Waals surface area contributed by atoms with Crippen LogP contribution in [0.15, 0.2) is 35.1 Å². The first kappa shape index (κ1) is 18.4. The van der Waals surface area contributed by atoms with Crippen LogP contribution < -0.4 is 10.9 Å². The summed E-state index contributed by atoms with van der Waals surface area (Å²) >= 11 is 0. The largest absolute Gasteiger partial charge is 0.378 e. The van der Waals surface area contributed by atoms with Crippen LogP contribution in [0.25, 0.3) is 0 Å². The summed E-state index contributed by atoms with van der Waals surface area (Å²) in [6.07, 6.45) is 0.0471. The van der Waals surface area contributed by atoms with E-state index in [4.69, 9.17) is 9.47 Å². The smallest absolute Gasteiger partial charge is 0.253 e. The Balaban J connectivity index is 1.66. The third-order valence-electron chi connectivity index (χ3n) is 4.85. The average molecular weight is 356 g/mol. The number of nitrogens with one attached hydrogen (secondary N) is 2. The van der Waals surface area contributed by atoms with Crippen molar-refractivity contribution in [1.29, 1.82) is 0 Å². The first-order chi connectivity index (χ1) is 12.5. The van der Waals surface area contributed by atoms with E-state index >= 15 is 0 Å². The maximum atomic E-state index is 12.4. The summed E-state index contributed by atoms with van der Waals surface area (Å²) < 4.78 is 10.9. The molecule has 1 aliphatic rings. The molecule has 0 aliphatic carbocycles. The Kier molecular flexibility index (Phi) is 5.54. The lowest BCUT2D eigenvalue weighted by Gasteiger charge is -2.16. The molecular formula is C20H24N2O4. The minimum absolute atomic E-state index is 0.0471. The van der Waals surface area contributed by atoms with Crippen LogP contribution in [0.2, 0.25) is 0 Å². The number of benzene rings is 1. The molecule has 6 nitrogen and oxygen atoms in total. The molecule has 1 amide bonds. The monoisotopic (exact) mass is 356 g/mol. The molecule has 2 aromatic rings. The second kappa shape index (κ2) is 7.85. The molecule has 138 valence electrons. The molecule has 1 aliphatic heterocycles. The number of ether oxygens (including phenoxy) is 2. The zero-order chi connectivity index (χ0) is 18.7. The summed E-state index contributed by atoms with van der Waals surface area (Å²) in [4.78, 5) is 27.2. The van der Waals surface area contributed by atoms with Gasteiger partial charge < -0.3 is 19.8 Å². The summed E-state index contributed by atoms with van der Waals surface area (Å²) in [6, 6.07) is 9.35. The summed E-state index contributed by atoms with van der Waals surface area (Å²) in [7, 11) is 1.68. The number of aryl methyl sites for hydroxylation is 2. The number of carbonyl (C=O) groups excluding carboxylic acids is 1. The van der Waals surface area contributed by atoms with Gasteiger partial charge in [0.05, 0.1) is 19.3 Å². The molecule has 2 heterocycles. The fourth-order valence-corrected chi connectivity index (χ4v) is 3.33. The molecule has 1 saturated heterocycles. The number of methoxy groups -OCH3 is 1. The average Bonchev–Trinajstić information content (AvgIpc) is 3.09. The van der Waals surface area contributed by atoms with Crippen molar-refractivity contribution in [3.63, 3.8) is 0 Å². The van der Waals surface area contributed by atoms with Crippen molar-refractivity contribution in [3.8, 4) is 0 Å². The van der Waals surface area contributed by atoms with E-state index in [1.165, 1.54) is 0 Å². The summed E-state index contributed by atoms with van der Waals surface area (Å²) in [5, 5.41) is 2.82. The van der Waals surface area contributed by atoms with E-state index in [-0.39, 0.29) is 30.0 Å². The van der Waals surface area contributed by atoms with Gasteiger partial charge in [-0.2, -0.15) is 0 Å². The van der Waals surface area contributed by atoms with Crippen LogP contribution in [0, 0.1) is 13.8 Å². The van der Waals surface area contributed by atoms with Gasteiger partial charge >= 0.3 is 0 Å². The van der Waals surface area contributed by atoms with Crippen LogP contribution in [0.4, 0.5) is 0 Å². The maximum Gasteiger partial charge on any atom is 0.253 e. The normalized spacial score (nSPS) is 19.5. The van der Waals surface area contributed by atoms with Crippen molar-refractivity contribution in [2.75, 3.05) is 20.3 Å². The zero-order valence-electron chi connectivity index (χ0n) is 15.3. The minimum Gasteiger partial charge on any atom is -0.378 e. The molecule has 0 radical (unpaired) electrons. The summed E-state index contributed by atoms with van der Waals surface area (Å²) in [6.45, 7) is 5.12. The molecule has 26 heavy (non-hydrogen) atoms. The molecule has 1 aromatic carbocycles. The topological polar surface area (TPSA) is 80.4 Å². The maximum absolute atomic E-state index is 12.4. The van der Waals surface area contributed by atoms with E-state index in [0.29, 0.717) is 24.3 Å². The Morgan fingerprint density at radius 2 is 2.00 bits per heavy atom. The molecule has 2 N–H and O–H groups in total. The van der Waals surface area contributed by atoms with Gasteiger partial charge in [0.15, 0.2) is 0 Å². The Morgan fingerprint density at radius 1 is 1.27 bits per heavy atom. The summed E-state index contributed by atoms with van der Waals surface area (Å²) in [5.74, 6) is -0.0206. The van der Waals surface area contributed by atoms with Gasteiger partial charge in [0.1, 0.15) is 0 Å². The highest BCUT2D eigenvalue weighted by Gasteiger charge is 2.29. The molecule has 3 rings (SSSR count). The third kappa shape index (κ3) is 3.86. The van der Waals surface area contributed by atoms with Gasteiger partial charge in [-0.3, -0.25) is 9.59 Å². The number of rotatable bonds is 5. The third-order valence-corrected chi connectivity index (χ3v) is 4.85. The first-order valence-corrected chi connectivity index (χ1v) is 8.67. The predicted octanol–water partition coefficient (Wildman–Crippen LogP) is 2.05.